The zero-order valence-electron chi connectivity index (χ0n) is 12.9. The SMILES string of the molecule is COc1nccnc1N1CC[C@@H](NC(=O)OC(C)(C)C)C1. The van der Waals surface area contributed by atoms with Crippen LogP contribution in [-0.2, 0) is 4.74 Å². The van der Waals surface area contributed by atoms with E-state index in [0.29, 0.717) is 18.2 Å². The minimum absolute atomic E-state index is 0.0339. The van der Waals surface area contributed by atoms with E-state index in [0.717, 1.165) is 13.0 Å². The van der Waals surface area contributed by atoms with Crippen LogP contribution in [0.15, 0.2) is 12.4 Å². The lowest BCUT2D eigenvalue weighted by Gasteiger charge is -2.22. The highest BCUT2D eigenvalue weighted by atomic mass is 16.6. The minimum atomic E-state index is -0.490. The van der Waals surface area contributed by atoms with Crippen molar-refractivity contribution in [3.8, 4) is 5.88 Å². The van der Waals surface area contributed by atoms with Gasteiger partial charge in [0.05, 0.1) is 13.2 Å². The van der Waals surface area contributed by atoms with E-state index >= 15 is 0 Å². The zero-order valence-corrected chi connectivity index (χ0v) is 12.9. The average Bonchev–Trinajstić information content (AvgIpc) is 2.84. The van der Waals surface area contributed by atoms with Crippen molar-refractivity contribution in [2.45, 2.75) is 38.8 Å². The fourth-order valence-corrected chi connectivity index (χ4v) is 2.22. The van der Waals surface area contributed by atoms with Gasteiger partial charge in [0.15, 0.2) is 5.82 Å². The molecule has 116 valence electrons. The Hall–Kier alpha value is -2.05. The van der Waals surface area contributed by atoms with Crippen molar-refractivity contribution >= 4 is 11.9 Å². The summed E-state index contributed by atoms with van der Waals surface area (Å²) in [6.07, 6.45) is 3.67. The van der Waals surface area contributed by atoms with E-state index < -0.39 is 5.60 Å². The van der Waals surface area contributed by atoms with Crippen molar-refractivity contribution in [3.63, 3.8) is 0 Å². The number of anilines is 1. The van der Waals surface area contributed by atoms with E-state index in [2.05, 4.69) is 15.3 Å². The largest absolute Gasteiger partial charge is 0.478 e. The maximum absolute atomic E-state index is 11.8. The highest BCUT2D eigenvalue weighted by Crippen LogP contribution is 2.25. The van der Waals surface area contributed by atoms with Gasteiger partial charge < -0.3 is 19.7 Å². The highest BCUT2D eigenvalue weighted by molar-refractivity contribution is 5.68. The maximum atomic E-state index is 11.8. The molecule has 0 saturated carbocycles. The molecule has 1 aliphatic rings. The molecule has 1 aliphatic heterocycles. The second-order valence-electron chi connectivity index (χ2n) is 5.97. The minimum Gasteiger partial charge on any atom is -0.478 e. The summed E-state index contributed by atoms with van der Waals surface area (Å²) < 4.78 is 10.5. The van der Waals surface area contributed by atoms with Gasteiger partial charge in [0.2, 0.25) is 0 Å². The number of ether oxygens (including phenoxy) is 2. The lowest BCUT2D eigenvalue weighted by molar-refractivity contribution is 0.0509. The van der Waals surface area contributed by atoms with Crippen LogP contribution in [0.5, 0.6) is 5.88 Å². The molecule has 0 unspecified atom stereocenters. The van der Waals surface area contributed by atoms with E-state index in [1.54, 1.807) is 19.5 Å². The number of nitrogens with one attached hydrogen (secondary N) is 1. The average molecular weight is 294 g/mol. The second-order valence-corrected chi connectivity index (χ2v) is 5.97. The van der Waals surface area contributed by atoms with Gasteiger partial charge in [0.1, 0.15) is 5.60 Å². The van der Waals surface area contributed by atoms with Gasteiger partial charge in [-0.25, -0.2) is 14.8 Å². The molecule has 21 heavy (non-hydrogen) atoms. The molecule has 0 aliphatic carbocycles. The fourth-order valence-electron chi connectivity index (χ4n) is 2.22. The molecule has 7 nitrogen and oxygen atoms in total. The smallest absolute Gasteiger partial charge is 0.407 e. The molecule has 1 fully saturated rings. The lowest BCUT2D eigenvalue weighted by Crippen LogP contribution is -2.40. The van der Waals surface area contributed by atoms with Gasteiger partial charge in [-0.2, -0.15) is 0 Å². The first-order valence-electron chi connectivity index (χ1n) is 6.98. The molecule has 7 heteroatoms. The van der Waals surface area contributed by atoms with Crippen molar-refractivity contribution < 1.29 is 14.3 Å². The summed E-state index contributed by atoms with van der Waals surface area (Å²) >= 11 is 0. The standard InChI is InChI=1S/C14H22N4O3/c1-14(2,3)21-13(19)17-10-5-8-18(9-10)11-12(20-4)16-7-6-15-11/h6-7,10H,5,8-9H2,1-4H3,(H,17,19)/t10-/m1/s1. The number of amides is 1. The third-order valence-electron chi connectivity index (χ3n) is 3.05. The predicted molar refractivity (Wildman–Crippen MR) is 78.6 cm³/mol. The topological polar surface area (TPSA) is 76.6 Å². The third-order valence-corrected chi connectivity index (χ3v) is 3.05. The van der Waals surface area contributed by atoms with Crippen LogP contribution in [0, 0.1) is 0 Å². The Morgan fingerprint density at radius 3 is 2.76 bits per heavy atom. The number of nitrogens with zero attached hydrogens (tertiary/aromatic N) is 3. The van der Waals surface area contributed by atoms with Gasteiger partial charge in [0, 0.05) is 25.5 Å². The molecule has 1 atom stereocenters. The molecule has 2 heterocycles. The molecule has 2 rings (SSSR count). The van der Waals surface area contributed by atoms with E-state index in [9.17, 15) is 4.79 Å². The first-order chi connectivity index (χ1) is 9.89. The Morgan fingerprint density at radius 2 is 2.10 bits per heavy atom. The molecule has 0 spiro atoms. The maximum Gasteiger partial charge on any atom is 0.407 e. The van der Waals surface area contributed by atoms with Crippen molar-refractivity contribution in [1.82, 2.24) is 15.3 Å². The Kier molecular flexibility index (Phi) is 4.50. The van der Waals surface area contributed by atoms with Crippen LogP contribution in [-0.4, -0.2) is 47.9 Å². The van der Waals surface area contributed by atoms with Gasteiger partial charge in [-0.3, -0.25) is 0 Å². The van der Waals surface area contributed by atoms with Gasteiger partial charge in [0.25, 0.3) is 5.88 Å². The Morgan fingerprint density at radius 1 is 1.38 bits per heavy atom. The Bertz CT molecular complexity index is 501. The highest BCUT2D eigenvalue weighted by Gasteiger charge is 2.28. The number of carbonyl (C=O) groups excluding carboxylic acids is 1. The molecular formula is C14H22N4O3. The normalized spacial score (nSPS) is 18.5. The van der Waals surface area contributed by atoms with Crippen LogP contribution in [0.4, 0.5) is 10.6 Å². The van der Waals surface area contributed by atoms with E-state index in [1.165, 1.54) is 0 Å². The summed E-state index contributed by atoms with van der Waals surface area (Å²) in [6.45, 7) is 6.98. The van der Waals surface area contributed by atoms with Crippen LogP contribution in [0.2, 0.25) is 0 Å². The second kappa shape index (κ2) is 6.15. The fraction of sp³-hybridized carbons (Fsp3) is 0.643. The Balaban J connectivity index is 1.93. The van der Waals surface area contributed by atoms with Crippen LogP contribution in [0.1, 0.15) is 27.2 Å². The summed E-state index contributed by atoms with van der Waals surface area (Å²) in [5.41, 5.74) is -0.490. The first kappa shape index (κ1) is 15.3. The summed E-state index contributed by atoms with van der Waals surface area (Å²) in [6, 6.07) is 0.0339. The van der Waals surface area contributed by atoms with Crippen LogP contribution >= 0.6 is 0 Å². The predicted octanol–water partition coefficient (Wildman–Crippen LogP) is 1.59. The van der Waals surface area contributed by atoms with Crippen molar-refractivity contribution in [3.05, 3.63) is 12.4 Å². The number of alkyl carbamates (subject to hydrolysis) is 1. The molecule has 1 saturated heterocycles. The van der Waals surface area contributed by atoms with Crippen LogP contribution in [0.3, 0.4) is 0 Å². The molecule has 1 amide bonds. The first-order valence-corrected chi connectivity index (χ1v) is 6.98. The summed E-state index contributed by atoms with van der Waals surface area (Å²) in [4.78, 5) is 22.3. The van der Waals surface area contributed by atoms with Crippen molar-refractivity contribution in [1.29, 1.82) is 0 Å². The molecule has 0 radical (unpaired) electrons. The number of carbonyl (C=O) groups is 1. The van der Waals surface area contributed by atoms with Crippen LogP contribution < -0.4 is 15.0 Å². The number of hydrogen-bond donors (Lipinski definition) is 1. The van der Waals surface area contributed by atoms with Gasteiger partial charge in [-0.1, -0.05) is 0 Å². The monoisotopic (exact) mass is 294 g/mol. The van der Waals surface area contributed by atoms with E-state index in [1.807, 2.05) is 25.7 Å². The molecule has 0 aromatic carbocycles. The van der Waals surface area contributed by atoms with Gasteiger partial charge in [-0.05, 0) is 27.2 Å². The quantitative estimate of drug-likeness (QED) is 0.912. The van der Waals surface area contributed by atoms with Crippen molar-refractivity contribution in [2.75, 3.05) is 25.1 Å². The lowest BCUT2D eigenvalue weighted by atomic mass is 10.2. The molecule has 1 aromatic rings. The van der Waals surface area contributed by atoms with Gasteiger partial charge in [-0.15, -0.1) is 0 Å². The molecule has 0 bridgehead atoms. The molecule has 1 N–H and O–H groups in total. The third kappa shape index (κ3) is 4.21. The van der Waals surface area contributed by atoms with E-state index in [-0.39, 0.29) is 12.1 Å². The van der Waals surface area contributed by atoms with Crippen LogP contribution in [0.25, 0.3) is 0 Å². The molecule has 1 aromatic heterocycles. The molecular weight excluding hydrogens is 272 g/mol. The number of aromatic nitrogens is 2. The number of hydrogen-bond acceptors (Lipinski definition) is 6. The number of methoxy groups -OCH3 is 1. The van der Waals surface area contributed by atoms with E-state index in [4.69, 9.17) is 9.47 Å². The van der Waals surface area contributed by atoms with Crippen molar-refractivity contribution in [2.24, 2.45) is 0 Å². The summed E-state index contributed by atoms with van der Waals surface area (Å²) in [5.74, 6) is 1.20. The zero-order chi connectivity index (χ0) is 15.5. The van der Waals surface area contributed by atoms with Gasteiger partial charge >= 0.3 is 6.09 Å². The summed E-state index contributed by atoms with van der Waals surface area (Å²) in [5, 5.41) is 2.88. The number of rotatable bonds is 3. The summed E-state index contributed by atoms with van der Waals surface area (Å²) in [7, 11) is 1.57. The Labute approximate surface area is 124 Å².